The minimum absolute atomic E-state index is 0.0499. The minimum atomic E-state index is -0.337. The van der Waals surface area contributed by atoms with E-state index < -0.39 is 0 Å². The Morgan fingerprint density at radius 2 is 1.61 bits per heavy atom. The number of amides is 1. The number of nitrogens with zero attached hydrogens (tertiary/aromatic N) is 3. The van der Waals surface area contributed by atoms with Gasteiger partial charge in [0, 0.05) is 11.9 Å². The summed E-state index contributed by atoms with van der Waals surface area (Å²) in [6.45, 7) is 0.374. The van der Waals surface area contributed by atoms with Crippen LogP contribution in [0.25, 0.3) is 16.5 Å². The van der Waals surface area contributed by atoms with E-state index >= 15 is 0 Å². The Morgan fingerprint density at radius 1 is 0.970 bits per heavy atom. The molecule has 1 atom stereocenters. The molecule has 0 saturated carbocycles. The molecule has 7 nitrogen and oxygen atoms in total. The van der Waals surface area contributed by atoms with Gasteiger partial charge in [0.2, 0.25) is 0 Å². The van der Waals surface area contributed by atoms with Gasteiger partial charge in [-0.05, 0) is 50.0 Å². The number of carbonyl (C=O) groups is 1. The third-order valence-corrected chi connectivity index (χ3v) is 5.60. The largest absolute Gasteiger partial charge is 0.497 e. The molecule has 1 N–H and O–H groups in total. The molecule has 4 rings (SSSR count). The summed E-state index contributed by atoms with van der Waals surface area (Å²) in [5, 5.41) is 8.43. The van der Waals surface area contributed by atoms with Crippen molar-refractivity contribution in [3.05, 3.63) is 100 Å². The number of methoxy groups -OCH3 is 1. The molecule has 1 aromatic heterocycles. The van der Waals surface area contributed by atoms with Crippen molar-refractivity contribution in [3.8, 4) is 11.4 Å². The zero-order chi connectivity index (χ0) is 23.4. The van der Waals surface area contributed by atoms with Gasteiger partial charge in [-0.2, -0.15) is 9.78 Å². The summed E-state index contributed by atoms with van der Waals surface area (Å²) in [6.07, 6.45) is 0. The van der Waals surface area contributed by atoms with Gasteiger partial charge in [0.15, 0.2) is 5.69 Å². The molecule has 0 fully saturated rings. The molecular formula is C26H26N4O3. The fraction of sp³-hybridized carbons (Fsp3) is 0.192. The number of likely N-dealkylation sites (N-methyl/N-ethyl adjacent to an activating group) is 1. The monoisotopic (exact) mass is 442 g/mol. The summed E-state index contributed by atoms with van der Waals surface area (Å²) in [5.74, 6) is 0.440. The fourth-order valence-electron chi connectivity index (χ4n) is 3.80. The van der Waals surface area contributed by atoms with Crippen LogP contribution in [-0.2, 0) is 0 Å². The van der Waals surface area contributed by atoms with E-state index in [4.69, 9.17) is 4.74 Å². The molecule has 0 radical (unpaired) electrons. The van der Waals surface area contributed by atoms with Crippen LogP contribution in [0, 0.1) is 0 Å². The Balaban J connectivity index is 1.67. The molecule has 1 heterocycles. The summed E-state index contributed by atoms with van der Waals surface area (Å²) in [6, 6.07) is 23.9. The summed E-state index contributed by atoms with van der Waals surface area (Å²) in [7, 11) is 5.56. The lowest BCUT2D eigenvalue weighted by Gasteiger charge is -2.25. The Labute approximate surface area is 192 Å². The number of fused-ring (bicyclic) bond motifs is 1. The van der Waals surface area contributed by atoms with E-state index in [9.17, 15) is 9.59 Å². The summed E-state index contributed by atoms with van der Waals surface area (Å²) < 4.78 is 6.53. The molecule has 1 unspecified atom stereocenters. The van der Waals surface area contributed by atoms with E-state index in [0.717, 1.165) is 11.3 Å². The molecule has 7 heteroatoms. The second-order valence-corrected chi connectivity index (χ2v) is 7.91. The molecular weight excluding hydrogens is 416 g/mol. The van der Waals surface area contributed by atoms with Crippen molar-refractivity contribution in [2.75, 3.05) is 27.7 Å². The van der Waals surface area contributed by atoms with Crippen LogP contribution in [0.1, 0.15) is 22.1 Å². The normalized spacial score (nSPS) is 12.0. The number of para-hydroxylation sites is 1. The van der Waals surface area contributed by atoms with Gasteiger partial charge in [-0.25, -0.2) is 0 Å². The van der Waals surface area contributed by atoms with E-state index in [-0.39, 0.29) is 23.2 Å². The lowest BCUT2D eigenvalue weighted by Crippen LogP contribution is -2.36. The predicted molar refractivity (Wildman–Crippen MR) is 129 cm³/mol. The SMILES string of the molecule is COc1ccc(C(CNC(=O)c2nn(-c3ccccc3)c(=O)c3ccccc23)N(C)C)cc1. The standard InChI is InChI=1S/C26H26N4O3/c1-29(2)23(18-13-15-20(33-3)16-14-18)17-27-25(31)24-21-11-7-8-12-22(21)26(32)30(28-24)19-9-5-4-6-10-19/h4-16,23H,17H2,1-3H3,(H,27,31). The average Bonchev–Trinajstić information content (AvgIpc) is 2.85. The van der Waals surface area contributed by atoms with Crippen molar-refractivity contribution in [2.45, 2.75) is 6.04 Å². The van der Waals surface area contributed by atoms with Gasteiger partial charge in [-0.1, -0.05) is 48.5 Å². The van der Waals surface area contributed by atoms with Crippen molar-refractivity contribution in [2.24, 2.45) is 0 Å². The summed E-state index contributed by atoms with van der Waals surface area (Å²) in [4.78, 5) is 28.4. The third-order valence-electron chi connectivity index (χ3n) is 5.60. The highest BCUT2D eigenvalue weighted by atomic mass is 16.5. The van der Waals surface area contributed by atoms with Crippen LogP contribution in [0.2, 0.25) is 0 Å². The van der Waals surface area contributed by atoms with Gasteiger partial charge >= 0.3 is 0 Å². The highest BCUT2D eigenvalue weighted by molar-refractivity contribution is 6.04. The van der Waals surface area contributed by atoms with Crippen LogP contribution < -0.4 is 15.6 Å². The molecule has 0 aliphatic heterocycles. The molecule has 0 spiro atoms. The van der Waals surface area contributed by atoms with Crippen molar-refractivity contribution < 1.29 is 9.53 Å². The number of aromatic nitrogens is 2. The van der Waals surface area contributed by atoms with Gasteiger partial charge in [0.25, 0.3) is 11.5 Å². The molecule has 168 valence electrons. The van der Waals surface area contributed by atoms with E-state index in [2.05, 4.69) is 10.4 Å². The molecule has 0 saturated heterocycles. The maximum Gasteiger partial charge on any atom is 0.279 e. The van der Waals surface area contributed by atoms with E-state index in [1.807, 2.05) is 61.5 Å². The number of carbonyl (C=O) groups excluding carboxylic acids is 1. The number of benzene rings is 3. The zero-order valence-corrected chi connectivity index (χ0v) is 18.9. The Bertz CT molecular complexity index is 1320. The number of nitrogens with one attached hydrogen (secondary N) is 1. The van der Waals surface area contributed by atoms with E-state index in [0.29, 0.717) is 23.0 Å². The van der Waals surface area contributed by atoms with Crippen LogP contribution in [0.3, 0.4) is 0 Å². The molecule has 1 amide bonds. The predicted octanol–water partition coefficient (Wildman–Crippen LogP) is 3.43. The summed E-state index contributed by atoms with van der Waals surface area (Å²) >= 11 is 0. The number of rotatable bonds is 7. The van der Waals surface area contributed by atoms with Crippen molar-refractivity contribution in [3.63, 3.8) is 0 Å². The molecule has 0 bridgehead atoms. The third kappa shape index (κ3) is 4.63. The first-order valence-electron chi connectivity index (χ1n) is 10.7. The minimum Gasteiger partial charge on any atom is -0.497 e. The average molecular weight is 443 g/mol. The maximum absolute atomic E-state index is 13.3. The van der Waals surface area contributed by atoms with Crippen LogP contribution in [0.5, 0.6) is 5.75 Å². The topological polar surface area (TPSA) is 76.5 Å². The van der Waals surface area contributed by atoms with Gasteiger partial charge in [-0.15, -0.1) is 0 Å². The molecule has 0 aliphatic carbocycles. The molecule has 4 aromatic rings. The van der Waals surface area contributed by atoms with Crippen molar-refractivity contribution in [1.82, 2.24) is 20.0 Å². The number of ether oxygens (including phenoxy) is 1. The fourth-order valence-corrected chi connectivity index (χ4v) is 3.80. The first kappa shape index (κ1) is 22.2. The lowest BCUT2D eigenvalue weighted by molar-refractivity contribution is 0.0937. The van der Waals surface area contributed by atoms with Crippen molar-refractivity contribution >= 4 is 16.7 Å². The van der Waals surface area contributed by atoms with Gasteiger partial charge in [-0.3, -0.25) is 9.59 Å². The second-order valence-electron chi connectivity index (χ2n) is 7.91. The highest BCUT2D eigenvalue weighted by Crippen LogP contribution is 2.21. The zero-order valence-electron chi connectivity index (χ0n) is 18.9. The smallest absolute Gasteiger partial charge is 0.279 e. The molecule has 0 aliphatic rings. The van der Waals surface area contributed by atoms with Gasteiger partial charge in [0.1, 0.15) is 5.75 Å². The Morgan fingerprint density at radius 3 is 2.24 bits per heavy atom. The van der Waals surface area contributed by atoms with Crippen LogP contribution in [0.15, 0.2) is 83.7 Å². The molecule has 3 aromatic carbocycles. The highest BCUT2D eigenvalue weighted by Gasteiger charge is 2.20. The Kier molecular flexibility index (Phi) is 6.51. The van der Waals surface area contributed by atoms with E-state index in [1.165, 1.54) is 4.68 Å². The molecule has 33 heavy (non-hydrogen) atoms. The van der Waals surface area contributed by atoms with Crippen LogP contribution in [-0.4, -0.2) is 48.3 Å². The second kappa shape index (κ2) is 9.67. The maximum atomic E-state index is 13.3. The number of hydrogen-bond acceptors (Lipinski definition) is 5. The first-order chi connectivity index (χ1) is 16.0. The van der Waals surface area contributed by atoms with Crippen LogP contribution >= 0.6 is 0 Å². The summed E-state index contributed by atoms with van der Waals surface area (Å²) in [5.41, 5.74) is 1.60. The van der Waals surface area contributed by atoms with Gasteiger partial charge < -0.3 is 15.0 Å². The van der Waals surface area contributed by atoms with E-state index in [1.54, 1.807) is 43.5 Å². The number of hydrogen-bond donors (Lipinski definition) is 1. The Hall–Kier alpha value is -3.97. The van der Waals surface area contributed by atoms with Crippen LogP contribution in [0.4, 0.5) is 0 Å². The quantitative estimate of drug-likeness (QED) is 0.475. The van der Waals surface area contributed by atoms with Gasteiger partial charge in [0.05, 0.1) is 24.2 Å². The van der Waals surface area contributed by atoms with Crippen molar-refractivity contribution in [1.29, 1.82) is 0 Å². The lowest BCUT2D eigenvalue weighted by atomic mass is 10.1. The first-order valence-corrected chi connectivity index (χ1v) is 10.7.